The molecule has 2 rings (SSSR count). The zero-order valence-corrected chi connectivity index (χ0v) is 12.3. The molecule has 0 N–H and O–H groups in total. The third kappa shape index (κ3) is 2.07. The molecule has 1 saturated heterocycles. The summed E-state index contributed by atoms with van der Waals surface area (Å²) in [5.41, 5.74) is 0.263. The van der Waals surface area contributed by atoms with Crippen molar-refractivity contribution in [3.63, 3.8) is 0 Å². The van der Waals surface area contributed by atoms with Crippen LogP contribution in [0.15, 0.2) is 11.6 Å². The molecule has 0 bridgehead atoms. The van der Waals surface area contributed by atoms with Gasteiger partial charge < -0.3 is 18.9 Å². The van der Waals surface area contributed by atoms with Gasteiger partial charge in [0.25, 0.3) is 11.8 Å². The summed E-state index contributed by atoms with van der Waals surface area (Å²) < 4.78 is 22.2. The molecule has 0 spiro atoms. The molecule has 0 saturated carbocycles. The van der Waals surface area contributed by atoms with Crippen molar-refractivity contribution in [1.82, 2.24) is 4.90 Å². The molecule has 2 heterocycles. The summed E-state index contributed by atoms with van der Waals surface area (Å²) in [5, 5.41) is 0. The lowest BCUT2D eigenvalue weighted by molar-refractivity contribution is -0.426. The molecule has 2 aliphatic heterocycles. The van der Waals surface area contributed by atoms with Gasteiger partial charge in [-0.3, -0.25) is 14.5 Å². The molecule has 0 aromatic heterocycles. The number of amides is 2. The van der Waals surface area contributed by atoms with Gasteiger partial charge in [-0.25, -0.2) is 0 Å². The van der Waals surface area contributed by atoms with E-state index < -0.39 is 17.7 Å². The summed E-state index contributed by atoms with van der Waals surface area (Å²) in [4.78, 5) is 24.5. The number of imide groups is 1. The Bertz CT molecular complexity index is 475. The van der Waals surface area contributed by atoms with Crippen LogP contribution >= 0.6 is 0 Å². The Hall–Kier alpha value is -1.28. The zero-order chi connectivity index (χ0) is 15.1. The fraction of sp³-hybridized carbons (Fsp3) is 0.692. The minimum atomic E-state index is -1.20. The topological polar surface area (TPSA) is 74.3 Å². The van der Waals surface area contributed by atoms with Gasteiger partial charge in [-0.1, -0.05) is 0 Å². The molecule has 0 radical (unpaired) electrons. The second kappa shape index (κ2) is 4.92. The molecular formula is C13H19NO6. The molecule has 7 heteroatoms. The van der Waals surface area contributed by atoms with Crippen LogP contribution in [-0.2, 0) is 28.5 Å². The maximum absolute atomic E-state index is 12.0. The van der Waals surface area contributed by atoms with Gasteiger partial charge in [-0.15, -0.1) is 0 Å². The fourth-order valence-corrected chi connectivity index (χ4v) is 2.23. The molecule has 1 fully saturated rings. The van der Waals surface area contributed by atoms with Crippen molar-refractivity contribution in [3.8, 4) is 0 Å². The highest BCUT2D eigenvalue weighted by atomic mass is 16.8. The van der Waals surface area contributed by atoms with Crippen LogP contribution in [0.3, 0.4) is 0 Å². The van der Waals surface area contributed by atoms with Crippen molar-refractivity contribution in [3.05, 3.63) is 11.6 Å². The Morgan fingerprint density at radius 3 is 2.30 bits per heavy atom. The molecule has 20 heavy (non-hydrogen) atoms. The van der Waals surface area contributed by atoms with Gasteiger partial charge in [0.1, 0.15) is 6.10 Å². The van der Waals surface area contributed by atoms with E-state index in [0.717, 1.165) is 4.90 Å². The number of hydrogen-bond acceptors (Lipinski definition) is 6. The van der Waals surface area contributed by atoms with E-state index in [4.69, 9.17) is 18.9 Å². The highest BCUT2D eigenvalue weighted by molar-refractivity contribution is 6.16. The van der Waals surface area contributed by atoms with Crippen LogP contribution in [0.5, 0.6) is 0 Å². The monoisotopic (exact) mass is 285 g/mol. The van der Waals surface area contributed by atoms with E-state index in [9.17, 15) is 9.59 Å². The van der Waals surface area contributed by atoms with Gasteiger partial charge >= 0.3 is 0 Å². The van der Waals surface area contributed by atoms with Crippen LogP contribution in [0.1, 0.15) is 13.8 Å². The molecule has 2 aliphatic rings. The molecule has 0 aliphatic carbocycles. The van der Waals surface area contributed by atoms with Gasteiger partial charge in [0.15, 0.2) is 0 Å². The molecule has 2 amide bonds. The summed E-state index contributed by atoms with van der Waals surface area (Å²) >= 11 is 0. The standard InChI is InChI=1S/C13H19NO6/c1-12(17-4)13(2,18-5)20-9(7-19-12)8-6-10(15)14(3)11(8)16/h6,9H,7H2,1-5H3/t9-,12+,13+/m1/s1. The largest absolute Gasteiger partial charge is 0.349 e. The number of likely N-dealkylation sites (N-methyl/N-ethyl adjacent to an activating group) is 1. The molecular weight excluding hydrogens is 266 g/mol. The van der Waals surface area contributed by atoms with E-state index in [1.807, 2.05) is 0 Å². The number of ether oxygens (including phenoxy) is 4. The average Bonchev–Trinajstić information content (AvgIpc) is 2.69. The minimum absolute atomic E-state index is 0.0992. The molecule has 112 valence electrons. The molecule has 7 nitrogen and oxygen atoms in total. The lowest BCUT2D eigenvalue weighted by atomic mass is 10.0. The van der Waals surface area contributed by atoms with Gasteiger partial charge in [0, 0.05) is 27.3 Å². The SMILES string of the molecule is CO[C@@]1(C)OC[C@H](C2=CC(=O)N(C)C2=O)O[C@]1(C)OC. The van der Waals surface area contributed by atoms with Gasteiger partial charge in [0.2, 0.25) is 11.6 Å². The normalized spacial score (nSPS) is 38.4. The van der Waals surface area contributed by atoms with E-state index in [0.29, 0.717) is 0 Å². The smallest absolute Gasteiger partial charge is 0.259 e. The Morgan fingerprint density at radius 1 is 1.25 bits per heavy atom. The highest BCUT2D eigenvalue weighted by Gasteiger charge is 2.55. The Kier molecular flexibility index (Phi) is 3.72. The van der Waals surface area contributed by atoms with E-state index in [-0.39, 0.29) is 24.0 Å². The maximum atomic E-state index is 12.0. The van der Waals surface area contributed by atoms with Crippen molar-refractivity contribution in [2.75, 3.05) is 27.9 Å². The molecule has 0 aromatic rings. The number of rotatable bonds is 3. The quantitative estimate of drug-likeness (QED) is 0.682. The second-order valence-corrected chi connectivity index (χ2v) is 5.02. The van der Waals surface area contributed by atoms with Crippen molar-refractivity contribution in [2.24, 2.45) is 0 Å². The van der Waals surface area contributed by atoms with E-state index >= 15 is 0 Å². The lowest BCUT2D eigenvalue weighted by Crippen LogP contribution is -2.62. The summed E-state index contributed by atoms with van der Waals surface area (Å²) in [6.45, 7) is 3.45. The first-order valence-corrected chi connectivity index (χ1v) is 6.23. The first-order chi connectivity index (χ1) is 9.28. The number of hydrogen-bond donors (Lipinski definition) is 0. The van der Waals surface area contributed by atoms with Gasteiger partial charge in [0.05, 0.1) is 12.2 Å². The van der Waals surface area contributed by atoms with Crippen LogP contribution < -0.4 is 0 Å². The number of carbonyl (C=O) groups excluding carboxylic acids is 2. The predicted octanol–water partition coefficient (Wildman–Crippen LogP) is 0.0520. The highest BCUT2D eigenvalue weighted by Crippen LogP contribution is 2.38. The van der Waals surface area contributed by atoms with E-state index in [2.05, 4.69) is 0 Å². The molecule has 0 unspecified atom stereocenters. The lowest BCUT2D eigenvalue weighted by Gasteiger charge is -2.48. The number of nitrogens with zero attached hydrogens (tertiary/aromatic N) is 1. The van der Waals surface area contributed by atoms with Crippen molar-refractivity contribution >= 4 is 11.8 Å². The summed E-state index contributed by atoms with van der Waals surface area (Å²) in [6, 6.07) is 0. The fourth-order valence-electron chi connectivity index (χ4n) is 2.23. The average molecular weight is 285 g/mol. The Morgan fingerprint density at radius 2 is 1.85 bits per heavy atom. The van der Waals surface area contributed by atoms with Crippen molar-refractivity contribution in [2.45, 2.75) is 31.5 Å². The van der Waals surface area contributed by atoms with Crippen LogP contribution in [0.2, 0.25) is 0 Å². The molecule has 0 aromatic carbocycles. The van der Waals surface area contributed by atoms with Gasteiger partial charge in [-0.05, 0) is 13.8 Å². The second-order valence-electron chi connectivity index (χ2n) is 5.02. The third-order valence-corrected chi connectivity index (χ3v) is 3.99. The van der Waals surface area contributed by atoms with E-state index in [1.165, 1.54) is 27.3 Å². The number of methoxy groups -OCH3 is 2. The van der Waals surface area contributed by atoms with Crippen molar-refractivity contribution < 1.29 is 28.5 Å². The Labute approximate surface area is 117 Å². The van der Waals surface area contributed by atoms with Crippen molar-refractivity contribution in [1.29, 1.82) is 0 Å². The van der Waals surface area contributed by atoms with Crippen LogP contribution in [-0.4, -0.2) is 62.3 Å². The van der Waals surface area contributed by atoms with Crippen LogP contribution in [0.4, 0.5) is 0 Å². The summed E-state index contributed by atoms with van der Waals surface area (Å²) in [7, 11) is 4.37. The minimum Gasteiger partial charge on any atom is -0.349 e. The maximum Gasteiger partial charge on any atom is 0.259 e. The number of carbonyl (C=O) groups is 2. The third-order valence-electron chi connectivity index (χ3n) is 3.99. The summed E-state index contributed by atoms with van der Waals surface area (Å²) in [5.74, 6) is -3.05. The van der Waals surface area contributed by atoms with Crippen LogP contribution in [0.25, 0.3) is 0 Å². The summed E-state index contributed by atoms with van der Waals surface area (Å²) in [6.07, 6.45) is 0.589. The first kappa shape index (κ1) is 15.1. The Balaban J connectivity index is 2.25. The van der Waals surface area contributed by atoms with Crippen LogP contribution in [0, 0.1) is 0 Å². The predicted molar refractivity (Wildman–Crippen MR) is 67.5 cm³/mol. The first-order valence-electron chi connectivity index (χ1n) is 6.23. The zero-order valence-electron chi connectivity index (χ0n) is 12.3. The molecule has 3 atom stereocenters. The van der Waals surface area contributed by atoms with E-state index in [1.54, 1.807) is 13.8 Å². The van der Waals surface area contributed by atoms with Gasteiger partial charge in [-0.2, -0.15) is 0 Å².